The molecule has 17 heavy (non-hydrogen) atoms. The van der Waals surface area contributed by atoms with Crippen molar-refractivity contribution in [3.63, 3.8) is 0 Å². The van der Waals surface area contributed by atoms with Crippen molar-refractivity contribution in [2.75, 3.05) is 7.05 Å². The fraction of sp³-hybridized carbons (Fsp3) is 0.667. The van der Waals surface area contributed by atoms with Gasteiger partial charge in [0.2, 0.25) is 0 Å². The van der Waals surface area contributed by atoms with E-state index in [4.69, 9.17) is 18.9 Å². The van der Waals surface area contributed by atoms with Gasteiger partial charge in [-0.15, -0.1) is 0 Å². The normalized spacial score (nSPS) is 29.1. The Morgan fingerprint density at radius 2 is 2.00 bits per heavy atom. The summed E-state index contributed by atoms with van der Waals surface area (Å²) in [6.45, 7) is 0. The summed E-state index contributed by atoms with van der Waals surface area (Å²) < 4.78 is 30.7. The molecule has 0 amide bonds. The zero-order valence-corrected chi connectivity index (χ0v) is 11.4. The number of carbonyl (C=O) groups is 1. The van der Waals surface area contributed by atoms with E-state index in [0.717, 1.165) is 19.3 Å². The van der Waals surface area contributed by atoms with E-state index in [9.17, 15) is 4.79 Å². The predicted molar refractivity (Wildman–Crippen MR) is 51.6 cm³/mol. The molecule has 7 nitrogen and oxygen atoms in total. The van der Waals surface area contributed by atoms with E-state index in [2.05, 4.69) is 4.90 Å². The van der Waals surface area contributed by atoms with Crippen molar-refractivity contribution in [1.29, 1.82) is 0 Å². The molecular weight excluding hydrogens is 345 g/mol. The first-order chi connectivity index (χ1) is 7.70. The van der Waals surface area contributed by atoms with E-state index < -0.39 is 26.1 Å². The Balaban J connectivity index is 0.000000249. The van der Waals surface area contributed by atoms with Crippen molar-refractivity contribution in [3.05, 3.63) is 11.6 Å². The number of rotatable bonds is 1. The zero-order valence-electron chi connectivity index (χ0n) is 9.28. The van der Waals surface area contributed by atoms with Crippen LogP contribution in [0.3, 0.4) is 0 Å². The average Bonchev–Trinajstić information content (AvgIpc) is 2.41. The van der Waals surface area contributed by atoms with E-state index >= 15 is 0 Å². The molecular formula is C9H16INO6. The van der Waals surface area contributed by atoms with Crippen molar-refractivity contribution in [3.8, 4) is 0 Å². The van der Waals surface area contributed by atoms with E-state index in [1.165, 1.54) is 0 Å². The van der Waals surface area contributed by atoms with Gasteiger partial charge in [-0.2, -0.15) is 0 Å². The van der Waals surface area contributed by atoms with Crippen molar-refractivity contribution in [2.45, 2.75) is 31.3 Å². The Labute approximate surface area is 105 Å². The number of likely N-dealkylation sites (N-methyl/N-ethyl adjacent to an activating group) is 1. The molecule has 1 saturated heterocycles. The summed E-state index contributed by atoms with van der Waals surface area (Å²) in [5, 5.41) is 8.88. The minimum absolute atomic E-state index is 0.182. The molecule has 4 N–H and O–H groups in total. The van der Waals surface area contributed by atoms with Gasteiger partial charge in [-0.25, -0.2) is 4.79 Å². The van der Waals surface area contributed by atoms with E-state index in [-0.39, 0.29) is 6.04 Å². The second-order valence-corrected chi connectivity index (χ2v) is 6.52. The van der Waals surface area contributed by atoms with Gasteiger partial charge in [0.25, 0.3) is 0 Å². The molecule has 2 rings (SSSR count). The van der Waals surface area contributed by atoms with Gasteiger partial charge in [-0.3, -0.25) is 4.90 Å². The number of nitrogens with zero attached hydrogens (tertiary/aromatic N) is 1. The first-order valence-electron chi connectivity index (χ1n) is 5.01. The van der Waals surface area contributed by atoms with Gasteiger partial charge in [0, 0.05) is 12.1 Å². The van der Waals surface area contributed by atoms with E-state index in [1.807, 2.05) is 13.1 Å². The van der Waals surface area contributed by atoms with E-state index in [1.54, 1.807) is 0 Å². The van der Waals surface area contributed by atoms with Crippen LogP contribution in [-0.4, -0.2) is 45.4 Å². The molecule has 0 saturated carbocycles. The van der Waals surface area contributed by atoms with Crippen LogP contribution < -0.4 is 23.5 Å². The number of fused-ring (bicyclic) bond motifs is 2. The molecule has 0 aliphatic carbocycles. The molecule has 100 valence electrons. The molecule has 0 aromatic rings. The van der Waals surface area contributed by atoms with Crippen LogP contribution in [0.25, 0.3) is 0 Å². The average molecular weight is 361 g/mol. The summed E-state index contributed by atoms with van der Waals surface area (Å²) in [5.41, 5.74) is 0.603. The minimum atomic E-state index is -5.19. The number of carboxylic acid groups (broad SMARTS) is 1. The number of hydrogen-bond donors (Lipinski definition) is 4. The Bertz CT molecular complexity index is 320. The van der Waals surface area contributed by atoms with Crippen LogP contribution >= 0.6 is 0 Å². The molecule has 0 radical (unpaired) electrons. The number of halogens is 1. The summed E-state index contributed by atoms with van der Waals surface area (Å²) in [5.74, 6) is -0.743. The van der Waals surface area contributed by atoms with Crippen LogP contribution in [0.1, 0.15) is 19.3 Å². The second-order valence-electron chi connectivity index (χ2n) is 4.05. The molecule has 2 aliphatic heterocycles. The summed E-state index contributed by atoms with van der Waals surface area (Å²) in [7, 11) is 2.03. The number of hydrogen-bond acceptors (Lipinski definition) is 6. The van der Waals surface area contributed by atoms with Crippen LogP contribution in [0.4, 0.5) is 0 Å². The van der Waals surface area contributed by atoms with Gasteiger partial charge >= 0.3 is 39.8 Å². The van der Waals surface area contributed by atoms with Crippen LogP contribution in [0.5, 0.6) is 0 Å². The Kier molecular flexibility index (Phi) is 4.86. The fourth-order valence-corrected chi connectivity index (χ4v) is 2.30. The van der Waals surface area contributed by atoms with Crippen molar-refractivity contribution in [2.24, 2.45) is 0 Å². The maximum atomic E-state index is 10.8. The molecule has 2 aliphatic rings. The number of aliphatic carboxylic acids is 1. The predicted octanol–water partition coefficient (Wildman–Crippen LogP) is -4.99. The topological polar surface area (TPSA) is 124 Å². The summed E-state index contributed by atoms with van der Waals surface area (Å²) >= 11 is -5.19. The van der Waals surface area contributed by atoms with Crippen LogP contribution in [0, 0.1) is 0 Å². The van der Waals surface area contributed by atoms with Gasteiger partial charge in [0.1, 0.15) is 0 Å². The van der Waals surface area contributed by atoms with Crippen molar-refractivity contribution < 1.29 is 43.7 Å². The van der Waals surface area contributed by atoms with Crippen LogP contribution in [0.15, 0.2) is 11.6 Å². The molecule has 0 aromatic heterocycles. The van der Waals surface area contributed by atoms with E-state index in [0.29, 0.717) is 11.6 Å². The third-order valence-electron chi connectivity index (χ3n) is 3.06. The Morgan fingerprint density at radius 3 is 2.47 bits per heavy atom. The fourth-order valence-electron chi connectivity index (χ4n) is 2.30. The van der Waals surface area contributed by atoms with Crippen molar-refractivity contribution in [1.82, 2.24) is 4.90 Å². The summed E-state index contributed by atoms with van der Waals surface area (Å²) in [4.78, 5) is 13.0. The third kappa shape index (κ3) is 4.48. The molecule has 2 bridgehead atoms. The molecule has 2 atom stereocenters. The van der Waals surface area contributed by atoms with Crippen LogP contribution in [-0.2, 0) is 4.79 Å². The summed E-state index contributed by atoms with van der Waals surface area (Å²) in [6.07, 6.45) is 4.97. The summed E-state index contributed by atoms with van der Waals surface area (Å²) in [6, 6.07) is 0.777. The van der Waals surface area contributed by atoms with Gasteiger partial charge in [0.05, 0.1) is 5.57 Å². The quantitative estimate of drug-likeness (QED) is 0.345. The third-order valence-corrected chi connectivity index (χ3v) is 3.06. The zero-order chi connectivity index (χ0) is 13.2. The molecule has 2 heterocycles. The molecule has 0 aromatic carbocycles. The first kappa shape index (κ1) is 14.8. The SMILES string of the molecule is CN1C2CC=C(C(=O)O)C1CC2.[O-][I+](O)(O)O. The number of carboxylic acids is 1. The van der Waals surface area contributed by atoms with Crippen LogP contribution in [0.2, 0.25) is 0 Å². The Hall–Kier alpha value is -0.260. The maximum absolute atomic E-state index is 10.8. The molecule has 1 fully saturated rings. The van der Waals surface area contributed by atoms with Crippen molar-refractivity contribution >= 4 is 5.97 Å². The van der Waals surface area contributed by atoms with Gasteiger partial charge in [-0.05, 0) is 26.3 Å². The van der Waals surface area contributed by atoms with Gasteiger partial charge in [0.15, 0.2) is 0 Å². The standard InChI is InChI=1S/C9H13NO2.H3IO4/c1-10-6-2-4-7(9(11)12)8(10)5-3-6;2-1(3,4)5/h4,6,8H,2-3,5H2,1H3,(H,11,12);2-4H. The van der Waals surface area contributed by atoms with Gasteiger partial charge in [-0.1, -0.05) is 6.08 Å². The molecule has 8 heteroatoms. The van der Waals surface area contributed by atoms with Gasteiger partial charge < -0.3 is 5.11 Å². The first-order valence-corrected chi connectivity index (χ1v) is 8.79. The molecule has 0 spiro atoms. The molecule has 2 unspecified atom stereocenters. The monoisotopic (exact) mass is 361 g/mol. The second kappa shape index (κ2) is 5.59. The Morgan fingerprint density at radius 1 is 1.47 bits per heavy atom.